The van der Waals surface area contributed by atoms with Crippen molar-refractivity contribution in [1.82, 2.24) is 5.43 Å². The van der Waals surface area contributed by atoms with Crippen LogP contribution in [0.25, 0.3) is 10.1 Å². The maximum atomic E-state index is 12.3. The normalized spacial score (nSPS) is 11.0. The Hall–Kier alpha value is -2.57. The van der Waals surface area contributed by atoms with E-state index in [0.29, 0.717) is 21.4 Å². The third-order valence-corrected chi connectivity index (χ3v) is 5.20. The van der Waals surface area contributed by atoms with E-state index in [-0.39, 0.29) is 5.91 Å². The summed E-state index contributed by atoms with van der Waals surface area (Å²) in [5.74, 6) is 0.869. The topological polar surface area (TPSA) is 59.9 Å². The summed E-state index contributed by atoms with van der Waals surface area (Å²) < 4.78 is 11.4. The molecular weight excluding hydrogens is 360 g/mol. The second-order valence-corrected chi connectivity index (χ2v) is 6.49. The van der Waals surface area contributed by atoms with E-state index in [0.717, 1.165) is 15.6 Å². The zero-order chi connectivity index (χ0) is 17.8. The van der Waals surface area contributed by atoms with Crippen molar-refractivity contribution in [3.8, 4) is 11.5 Å². The molecule has 0 aliphatic carbocycles. The van der Waals surface area contributed by atoms with Gasteiger partial charge in [-0.3, -0.25) is 4.79 Å². The summed E-state index contributed by atoms with van der Waals surface area (Å²) in [6.07, 6.45) is 1.53. The standard InChI is InChI=1S/C18H15ClN2O3S/c1-23-13-8-7-11(9-14(13)24-2)10-20-21-18(22)17-16(19)12-5-3-4-6-15(12)25-17/h3-10H,1-2H3,(H,21,22). The number of carbonyl (C=O) groups is 1. The first-order valence-electron chi connectivity index (χ1n) is 7.36. The molecule has 0 fully saturated rings. The van der Waals surface area contributed by atoms with Gasteiger partial charge in [0.2, 0.25) is 0 Å². The van der Waals surface area contributed by atoms with Gasteiger partial charge in [0.15, 0.2) is 11.5 Å². The summed E-state index contributed by atoms with van der Waals surface area (Å²) >= 11 is 7.62. The maximum Gasteiger partial charge on any atom is 0.283 e. The van der Waals surface area contributed by atoms with Crippen molar-refractivity contribution in [2.75, 3.05) is 14.2 Å². The molecule has 1 N–H and O–H groups in total. The average Bonchev–Trinajstić information content (AvgIpc) is 2.98. The SMILES string of the molecule is COc1ccc(C=NNC(=O)c2sc3ccccc3c2Cl)cc1OC. The fraction of sp³-hybridized carbons (Fsp3) is 0.111. The fourth-order valence-electron chi connectivity index (χ4n) is 2.31. The van der Waals surface area contributed by atoms with E-state index < -0.39 is 0 Å². The van der Waals surface area contributed by atoms with Crippen LogP contribution in [0, 0.1) is 0 Å². The van der Waals surface area contributed by atoms with Crippen molar-refractivity contribution >= 4 is 45.1 Å². The minimum atomic E-state index is -0.345. The number of amides is 1. The van der Waals surface area contributed by atoms with Crippen LogP contribution >= 0.6 is 22.9 Å². The molecule has 0 saturated carbocycles. The first kappa shape index (κ1) is 17.3. The zero-order valence-electron chi connectivity index (χ0n) is 13.6. The molecule has 0 unspecified atom stereocenters. The third-order valence-electron chi connectivity index (χ3n) is 3.53. The summed E-state index contributed by atoms with van der Waals surface area (Å²) in [7, 11) is 3.13. The van der Waals surface area contributed by atoms with Crippen LogP contribution in [0.5, 0.6) is 11.5 Å². The Morgan fingerprint density at radius 2 is 1.92 bits per heavy atom. The molecule has 1 amide bonds. The predicted molar refractivity (Wildman–Crippen MR) is 101 cm³/mol. The second-order valence-electron chi connectivity index (χ2n) is 5.05. The van der Waals surface area contributed by atoms with Gasteiger partial charge in [0, 0.05) is 10.1 Å². The van der Waals surface area contributed by atoms with Crippen LogP contribution in [0.1, 0.15) is 15.2 Å². The van der Waals surface area contributed by atoms with E-state index in [4.69, 9.17) is 21.1 Å². The summed E-state index contributed by atoms with van der Waals surface area (Å²) in [5.41, 5.74) is 3.26. The predicted octanol–water partition coefficient (Wildman–Crippen LogP) is 4.34. The monoisotopic (exact) mass is 374 g/mol. The summed E-state index contributed by atoms with van der Waals surface area (Å²) in [6, 6.07) is 13.0. The number of hydrogen-bond acceptors (Lipinski definition) is 5. The second kappa shape index (κ2) is 7.55. The highest BCUT2D eigenvalue weighted by atomic mass is 35.5. The molecule has 0 atom stereocenters. The molecule has 0 aliphatic heterocycles. The molecule has 3 rings (SSSR count). The van der Waals surface area contributed by atoms with Crippen molar-refractivity contribution in [2.45, 2.75) is 0 Å². The Kier molecular flexibility index (Phi) is 5.21. The van der Waals surface area contributed by atoms with Gasteiger partial charge in [-0.2, -0.15) is 5.10 Å². The number of hydrazone groups is 1. The van der Waals surface area contributed by atoms with Gasteiger partial charge in [-0.05, 0) is 29.8 Å². The summed E-state index contributed by atoms with van der Waals surface area (Å²) in [6.45, 7) is 0. The number of hydrogen-bond donors (Lipinski definition) is 1. The van der Waals surface area contributed by atoms with E-state index in [1.807, 2.05) is 30.3 Å². The minimum absolute atomic E-state index is 0.345. The van der Waals surface area contributed by atoms with Crippen LogP contribution in [0.3, 0.4) is 0 Å². The molecule has 2 aromatic carbocycles. The molecule has 128 valence electrons. The Bertz CT molecular complexity index is 953. The first-order valence-corrected chi connectivity index (χ1v) is 8.56. The van der Waals surface area contributed by atoms with Crippen LogP contribution in [-0.2, 0) is 0 Å². The molecule has 0 spiro atoms. The molecule has 1 heterocycles. The number of rotatable bonds is 5. The van der Waals surface area contributed by atoms with Gasteiger partial charge in [0.25, 0.3) is 5.91 Å². The largest absolute Gasteiger partial charge is 0.493 e. The molecule has 0 radical (unpaired) electrons. The Balaban J connectivity index is 1.75. The minimum Gasteiger partial charge on any atom is -0.493 e. The van der Waals surface area contributed by atoms with E-state index in [9.17, 15) is 4.79 Å². The van der Waals surface area contributed by atoms with E-state index in [2.05, 4.69) is 10.5 Å². The number of thiophene rings is 1. The molecule has 7 heteroatoms. The highest BCUT2D eigenvalue weighted by Gasteiger charge is 2.16. The number of halogens is 1. The first-order chi connectivity index (χ1) is 12.1. The van der Waals surface area contributed by atoms with Crippen LogP contribution < -0.4 is 14.9 Å². The number of methoxy groups -OCH3 is 2. The van der Waals surface area contributed by atoms with Crippen molar-refractivity contribution in [3.05, 3.63) is 57.9 Å². The molecule has 0 bridgehead atoms. The lowest BCUT2D eigenvalue weighted by Crippen LogP contribution is -2.16. The average molecular weight is 375 g/mol. The van der Waals surface area contributed by atoms with Crippen molar-refractivity contribution in [3.63, 3.8) is 0 Å². The number of nitrogens with zero attached hydrogens (tertiary/aromatic N) is 1. The molecule has 3 aromatic rings. The summed E-state index contributed by atoms with van der Waals surface area (Å²) in [5, 5.41) is 5.30. The third kappa shape index (κ3) is 3.60. The van der Waals surface area contributed by atoms with E-state index in [1.165, 1.54) is 17.6 Å². The van der Waals surface area contributed by atoms with E-state index >= 15 is 0 Å². The molecule has 25 heavy (non-hydrogen) atoms. The van der Waals surface area contributed by atoms with Gasteiger partial charge in [0.1, 0.15) is 4.88 Å². The highest BCUT2D eigenvalue weighted by molar-refractivity contribution is 7.21. The van der Waals surface area contributed by atoms with E-state index in [1.54, 1.807) is 26.4 Å². The van der Waals surface area contributed by atoms with Crippen LogP contribution in [0.15, 0.2) is 47.6 Å². The molecule has 0 saturated heterocycles. The Labute approximate surface area is 153 Å². The number of nitrogens with one attached hydrogen (secondary N) is 1. The lowest BCUT2D eigenvalue weighted by Gasteiger charge is -2.07. The van der Waals surface area contributed by atoms with Gasteiger partial charge in [-0.1, -0.05) is 29.8 Å². The number of ether oxygens (including phenoxy) is 2. The van der Waals surface area contributed by atoms with Crippen molar-refractivity contribution in [1.29, 1.82) is 0 Å². The summed E-state index contributed by atoms with van der Waals surface area (Å²) in [4.78, 5) is 12.7. The van der Waals surface area contributed by atoms with Gasteiger partial charge in [-0.15, -0.1) is 11.3 Å². The smallest absolute Gasteiger partial charge is 0.283 e. The Morgan fingerprint density at radius 3 is 2.64 bits per heavy atom. The fourth-order valence-corrected chi connectivity index (χ4v) is 3.72. The van der Waals surface area contributed by atoms with Gasteiger partial charge >= 0.3 is 0 Å². The number of carbonyl (C=O) groups excluding carboxylic acids is 1. The van der Waals surface area contributed by atoms with Gasteiger partial charge in [0.05, 0.1) is 25.5 Å². The molecular formula is C18H15ClN2O3S. The lowest BCUT2D eigenvalue weighted by atomic mass is 10.2. The van der Waals surface area contributed by atoms with Crippen LogP contribution in [0.4, 0.5) is 0 Å². The molecule has 1 aromatic heterocycles. The zero-order valence-corrected chi connectivity index (χ0v) is 15.1. The van der Waals surface area contributed by atoms with Crippen molar-refractivity contribution < 1.29 is 14.3 Å². The van der Waals surface area contributed by atoms with Crippen LogP contribution in [0.2, 0.25) is 5.02 Å². The Morgan fingerprint density at radius 1 is 1.16 bits per heavy atom. The van der Waals surface area contributed by atoms with Gasteiger partial charge in [-0.25, -0.2) is 5.43 Å². The highest BCUT2D eigenvalue weighted by Crippen LogP contribution is 2.35. The van der Waals surface area contributed by atoms with Gasteiger partial charge < -0.3 is 9.47 Å². The van der Waals surface area contributed by atoms with Crippen LogP contribution in [-0.4, -0.2) is 26.3 Å². The number of benzene rings is 2. The van der Waals surface area contributed by atoms with Crippen molar-refractivity contribution in [2.24, 2.45) is 5.10 Å². The molecule has 0 aliphatic rings. The lowest BCUT2D eigenvalue weighted by molar-refractivity contribution is 0.0959. The quantitative estimate of drug-likeness (QED) is 0.534. The number of fused-ring (bicyclic) bond motifs is 1. The maximum absolute atomic E-state index is 12.3. The molecule has 5 nitrogen and oxygen atoms in total.